The minimum atomic E-state index is 0.0676. The predicted octanol–water partition coefficient (Wildman–Crippen LogP) is 3.44. The molecule has 0 saturated heterocycles. The first-order chi connectivity index (χ1) is 13.1. The maximum absolute atomic E-state index is 12.6. The van der Waals surface area contributed by atoms with Gasteiger partial charge in [-0.25, -0.2) is 4.98 Å². The molecule has 0 atom stereocenters. The Morgan fingerprint density at radius 1 is 1.30 bits per heavy atom. The number of nitrogens with zero attached hydrogens (tertiary/aromatic N) is 2. The van der Waals surface area contributed by atoms with Crippen LogP contribution < -0.4 is 5.32 Å². The highest BCUT2D eigenvalue weighted by molar-refractivity contribution is 8.00. The number of nitrogens with one attached hydrogen (secondary N) is 1. The highest BCUT2D eigenvalue weighted by Crippen LogP contribution is 2.53. The van der Waals surface area contributed by atoms with Crippen LogP contribution >= 0.6 is 11.8 Å². The summed E-state index contributed by atoms with van der Waals surface area (Å²) in [6.45, 7) is 2.28. The van der Waals surface area contributed by atoms with E-state index < -0.39 is 0 Å². The smallest absolute Gasteiger partial charge is 0.230 e. The molecule has 144 valence electrons. The minimum absolute atomic E-state index is 0.0676. The molecule has 1 amide bonds. The zero-order chi connectivity index (χ0) is 19.0. The second-order valence-electron chi connectivity index (χ2n) is 8.46. The lowest BCUT2D eigenvalue weighted by Gasteiger charge is -2.54. The van der Waals surface area contributed by atoms with Gasteiger partial charge in [-0.3, -0.25) is 4.79 Å². The number of hydrogen-bond donors (Lipinski definition) is 1. The molecular weight excluding hydrogens is 358 g/mol. The molecule has 27 heavy (non-hydrogen) atoms. The topological polar surface area (TPSA) is 75.0 Å². The van der Waals surface area contributed by atoms with E-state index in [9.17, 15) is 10.1 Å². The Labute approximate surface area is 165 Å². The summed E-state index contributed by atoms with van der Waals surface area (Å²) < 4.78 is 5.19. The third kappa shape index (κ3) is 3.86. The molecule has 4 fully saturated rings. The van der Waals surface area contributed by atoms with Crippen molar-refractivity contribution in [3.05, 3.63) is 22.9 Å². The lowest BCUT2D eigenvalue weighted by Crippen LogP contribution is -2.56. The van der Waals surface area contributed by atoms with Gasteiger partial charge in [-0.15, -0.1) is 0 Å². The number of amides is 1. The first-order valence-electron chi connectivity index (χ1n) is 9.89. The van der Waals surface area contributed by atoms with E-state index in [1.54, 1.807) is 7.11 Å². The van der Waals surface area contributed by atoms with E-state index in [4.69, 9.17) is 4.74 Å². The van der Waals surface area contributed by atoms with Crippen molar-refractivity contribution in [2.45, 2.75) is 56.7 Å². The Bertz CT molecular complexity index is 745. The van der Waals surface area contributed by atoms with E-state index in [0.29, 0.717) is 40.8 Å². The summed E-state index contributed by atoms with van der Waals surface area (Å²) in [6, 6.07) is 4.46. The average molecular weight is 386 g/mol. The number of carbonyl (C=O) groups is 1. The molecule has 1 heterocycles. The molecule has 0 unspecified atom stereocenters. The SMILES string of the molecule is COCc1cc(C)nc(SCC(=O)NC2C3CC4CC(C3)CC2C4)c1C#N. The molecule has 4 bridgehead atoms. The fourth-order valence-corrected chi connectivity index (χ4v) is 6.61. The van der Waals surface area contributed by atoms with Gasteiger partial charge in [0.25, 0.3) is 0 Å². The van der Waals surface area contributed by atoms with E-state index in [0.717, 1.165) is 23.1 Å². The summed E-state index contributed by atoms with van der Waals surface area (Å²) in [7, 11) is 1.61. The molecule has 1 aromatic heterocycles. The first kappa shape index (κ1) is 18.8. The van der Waals surface area contributed by atoms with Gasteiger partial charge >= 0.3 is 0 Å². The van der Waals surface area contributed by atoms with Crippen LogP contribution in [0.25, 0.3) is 0 Å². The van der Waals surface area contributed by atoms with E-state index in [-0.39, 0.29) is 5.91 Å². The lowest BCUT2D eigenvalue weighted by molar-refractivity contribution is -0.122. The van der Waals surface area contributed by atoms with Gasteiger partial charge in [-0.1, -0.05) is 11.8 Å². The molecule has 4 aliphatic carbocycles. The largest absolute Gasteiger partial charge is 0.380 e. The van der Waals surface area contributed by atoms with E-state index in [2.05, 4.69) is 16.4 Å². The number of aromatic nitrogens is 1. The van der Waals surface area contributed by atoms with Gasteiger partial charge in [0.05, 0.1) is 17.9 Å². The molecule has 0 aromatic carbocycles. The monoisotopic (exact) mass is 385 g/mol. The second kappa shape index (κ2) is 7.81. The molecule has 4 saturated carbocycles. The summed E-state index contributed by atoms with van der Waals surface area (Å²) in [5.74, 6) is 3.54. The zero-order valence-electron chi connectivity index (χ0n) is 16.0. The standard InChI is InChI=1S/C21H27N3O2S/c1-12-3-17(10-26-2)18(9-22)21(23-12)27-11-19(25)24-20-15-5-13-4-14(7-15)8-16(20)6-13/h3,13-16,20H,4-8,10-11H2,1-2H3,(H,24,25). The number of aryl methyl sites for hydroxylation is 1. The number of nitriles is 1. The summed E-state index contributed by atoms with van der Waals surface area (Å²) in [5, 5.41) is 13.5. The molecular formula is C21H27N3O2S. The van der Waals surface area contributed by atoms with Crippen molar-refractivity contribution >= 4 is 17.7 Å². The third-order valence-corrected chi connectivity index (χ3v) is 7.48. The van der Waals surface area contributed by atoms with Gasteiger partial charge in [0.1, 0.15) is 11.1 Å². The number of hydrogen-bond acceptors (Lipinski definition) is 5. The van der Waals surface area contributed by atoms with Crippen LogP contribution in [0.1, 0.15) is 48.9 Å². The summed E-state index contributed by atoms with van der Waals surface area (Å²) in [4.78, 5) is 17.1. The molecule has 1 aromatic rings. The van der Waals surface area contributed by atoms with Crippen LogP contribution in [0.2, 0.25) is 0 Å². The summed E-state index contributed by atoms with van der Waals surface area (Å²) in [6.07, 6.45) is 6.60. The van der Waals surface area contributed by atoms with Crippen molar-refractivity contribution < 1.29 is 9.53 Å². The minimum Gasteiger partial charge on any atom is -0.380 e. The van der Waals surface area contributed by atoms with Gasteiger partial charge in [-0.05, 0) is 74.3 Å². The fourth-order valence-electron chi connectivity index (χ4n) is 5.73. The maximum Gasteiger partial charge on any atom is 0.230 e. The molecule has 5 nitrogen and oxygen atoms in total. The van der Waals surface area contributed by atoms with Crippen LogP contribution in [0.3, 0.4) is 0 Å². The van der Waals surface area contributed by atoms with Gasteiger partial charge in [0, 0.05) is 18.8 Å². The number of ether oxygens (including phenoxy) is 1. The van der Waals surface area contributed by atoms with Crippen molar-refractivity contribution in [1.82, 2.24) is 10.3 Å². The number of rotatable bonds is 6. The number of carbonyl (C=O) groups excluding carboxylic acids is 1. The fraction of sp³-hybridized carbons (Fsp3) is 0.667. The Balaban J connectivity index is 1.39. The molecule has 0 radical (unpaired) electrons. The first-order valence-corrected chi connectivity index (χ1v) is 10.9. The molecule has 0 spiro atoms. The Morgan fingerprint density at radius 3 is 2.56 bits per heavy atom. The molecule has 0 aliphatic heterocycles. The van der Waals surface area contributed by atoms with Crippen molar-refractivity contribution in [2.75, 3.05) is 12.9 Å². The van der Waals surface area contributed by atoms with Gasteiger partial charge in [0.2, 0.25) is 5.91 Å². The number of pyridine rings is 1. The van der Waals surface area contributed by atoms with Crippen molar-refractivity contribution in [3.8, 4) is 6.07 Å². The Kier molecular flexibility index (Phi) is 5.43. The second-order valence-corrected chi connectivity index (χ2v) is 9.42. The van der Waals surface area contributed by atoms with Crippen molar-refractivity contribution in [1.29, 1.82) is 5.26 Å². The normalized spacial score (nSPS) is 30.9. The Hall–Kier alpha value is -1.58. The average Bonchev–Trinajstić information content (AvgIpc) is 2.62. The molecule has 1 N–H and O–H groups in total. The molecule has 4 aliphatic rings. The summed E-state index contributed by atoms with van der Waals surface area (Å²) >= 11 is 1.36. The summed E-state index contributed by atoms with van der Waals surface area (Å²) in [5.41, 5.74) is 2.19. The highest BCUT2D eigenvalue weighted by Gasteiger charge is 2.48. The van der Waals surface area contributed by atoms with Crippen LogP contribution in [-0.4, -0.2) is 29.8 Å². The van der Waals surface area contributed by atoms with E-state index in [1.165, 1.54) is 43.9 Å². The zero-order valence-corrected chi connectivity index (χ0v) is 16.8. The number of methoxy groups -OCH3 is 1. The quantitative estimate of drug-likeness (QED) is 0.759. The Morgan fingerprint density at radius 2 is 1.96 bits per heavy atom. The maximum atomic E-state index is 12.6. The van der Waals surface area contributed by atoms with Crippen molar-refractivity contribution in [3.63, 3.8) is 0 Å². The van der Waals surface area contributed by atoms with Crippen LogP contribution in [0, 0.1) is 41.9 Å². The lowest BCUT2D eigenvalue weighted by atomic mass is 9.54. The van der Waals surface area contributed by atoms with E-state index in [1.807, 2.05) is 13.0 Å². The van der Waals surface area contributed by atoms with Crippen molar-refractivity contribution in [2.24, 2.45) is 23.7 Å². The van der Waals surface area contributed by atoms with Crippen LogP contribution in [0.15, 0.2) is 11.1 Å². The van der Waals surface area contributed by atoms with Gasteiger partial charge in [0.15, 0.2) is 0 Å². The van der Waals surface area contributed by atoms with Gasteiger partial charge < -0.3 is 10.1 Å². The molecule has 6 heteroatoms. The van der Waals surface area contributed by atoms with Gasteiger partial charge in [-0.2, -0.15) is 5.26 Å². The number of thioether (sulfide) groups is 1. The predicted molar refractivity (Wildman–Crippen MR) is 104 cm³/mol. The van der Waals surface area contributed by atoms with E-state index >= 15 is 0 Å². The van der Waals surface area contributed by atoms with Crippen LogP contribution in [-0.2, 0) is 16.1 Å². The third-order valence-electron chi connectivity index (χ3n) is 6.50. The molecule has 5 rings (SSSR count). The highest BCUT2D eigenvalue weighted by atomic mass is 32.2. The van der Waals surface area contributed by atoms with Crippen LogP contribution in [0.4, 0.5) is 0 Å². The van der Waals surface area contributed by atoms with Crippen LogP contribution in [0.5, 0.6) is 0 Å².